The molecular weight excluding hydrogens is 381 g/mol. The molecule has 2 aliphatic heterocycles. The van der Waals surface area contributed by atoms with Crippen molar-refractivity contribution in [2.45, 2.75) is 50.4 Å². The third kappa shape index (κ3) is 2.96. The van der Waals surface area contributed by atoms with Crippen LogP contribution in [0.25, 0.3) is 27.7 Å². The smallest absolute Gasteiger partial charge is 0.185 e. The molecule has 0 radical (unpaired) electrons. The average molecular weight is 405 g/mol. The number of halogens is 1. The van der Waals surface area contributed by atoms with Crippen molar-refractivity contribution in [3.05, 3.63) is 49.1 Å². The molecule has 3 aromatic rings. The molecule has 0 spiro atoms. The van der Waals surface area contributed by atoms with Crippen LogP contribution < -0.4 is 5.32 Å². The van der Waals surface area contributed by atoms with E-state index in [-0.39, 0.29) is 17.2 Å². The van der Waals surface area contributed by atoms with Crippen molar-refractivity contribution >= 4 is 16.3 Å². The minimum Gasteiger partial charge on any atom is -0.507 e. The quantitative estimate of drug-likeness (QED) is 0.684. The number of allylic oxidation sites excluding steroid dienone is 1. The predicted molar refractivity (Wildman–Crippen MR) is 113 cm³/mol. The van der Waals surface area contributed by atoms with E-state index in [2.05, 4.69) is 39.0 Å². The molecule has 2 N–H and O–H groups in total. The fraction of sp³-hybridized carbons (Fsp3) is 0.391. The van der Waals surface area contributed by atoms with Crippen LogP contribution in [0.15, 0.2) is 43.4 Å². The number of nitrogens with zero attached hydrogens (tertiary/aromatic N) is 4. The van der Waals surface area contributed by atoms with Crippen LogP contribution in [0.4, 0.5) is 4.39 Å². The maximum absolute atomic E-state index is 15.3. The van der Waals surface area contributed by atoms with Gasteiger partial charge in [0.25, 0.3) is 0 Å². The van der Waals surface area contributed by atoms with E-state index in [9.17, 15) is 5.11 Å². The molecule has 30 heavy (non-hydrogen) atoms. The van der Waals surface area contributed by atoms with Crippen LogP contribution in [0.2, 0.25) is 0 Å². The Labute approximate surface area is 174 Å². The van der Waals surface area contributed by atoms with E-state index >= 15 is 4.39 Å². The normalized spacial score (nSPS) is 30.5. The lowest BCUT2D eigenvalue weighted by Gasteiger charge is -2.45. The molecular formula is C23H24FN5O. The van der Waals surface area contributed by atoms with Crippen molar-refractivity contribution in [2.75, 3.05) is 0 Å². The fourth-order valence-corrected chi connectivity index (χ4v) is 5.08. The Balaban J connectivity index is 1.44. The summed E-state index contributed by atoms with van der Waals surface area (Å²) in [7, 11) is 0. The molecule has 0 saturated carbocycles. The van der Waals surface area contributed by atoms with Gasteiger partial charge in [-0.15, -0.1) is 10.2 Å². The molecule has 1 unspecified atom stereocenters. The molecule has 154 valence electrons. The highest BCUT2D eigenvalue weighted by Crippen LogP contribution is 2.49. The molecule has 4 atom stereocenters. The minimum absolute atomic E-state index is 0.0588. The van der Waals surface area contributed by atoms with Crippen LogP contribution in [-0.2, 0) is 0 Å². The van der Waals surface area contributed by atoms with Gasteiger partial charge in [-0.05, 0) is 62.3 Å². The van der Waals surface area contributed by atoms with E-state index < -0.39 is 11.7 Å². The van der Waals surface area contributed by atoms with Crippen LogP contribution in [0.3, 0.4) is 0 Å². The second kappa shape index (κ2) is 6.54. The van der Waals surface area contributed by atoms with E-state index in [0.717, 1.165) is 23.6 Å². The third-order valence-corrected chi connectivity index (χ3v) is 6.75. The van der Waals surface area contributed by atoms with Crippen LogP contribution in [0.5, 0.6) is 5.75 Å². The molecule has 2 bridgehead atoms. The van der Waals surface area contributed by atoms with Gasteiger partial charge in [0.15, 0.2) is 5.82 Å². The second-order valence-corrected chi connectivity index (χ2v) is 9.10. The highest BCUT2D eigenvalue weighted by molar-refractivity contribution is 5.88. The Kier molecular flexibility index (Phi) is 4.15. The lowest BCUT2D eigenvalue weighted by Crippen LogP contribution is -2.60. The average Bonchev–Trinajstić information content (AvgIpc) is 3.02. The van der Waals surface area contributed by atoms with E-state index in [4.69, 9.17) is 0 Å². The molecule has 2 aliphatic rings. The number of hydrogen-bond donors (Lipinski definition) is 2. The highest BCUT2D eigenvalue weighted by Gasteiger charge is 2.55. The minimum atomic E-state index is -1.04. The fourth-order valence-electron chi connectivity index (χ4n) is 5.08. The van der Waals surface area contributed by atoms with Gasteiger partial charge in [0, 0.05) is 34.8 Å². The number of piperidine rings is 1. The zero-order valence-corrected chi connectivity index (χ0v) is 17.1. The summed E-state index contributed by atoms with van der Waals surface area (Å²) in [4.78, 5) is 8.46. The number of phenols is 1. The number of aromatic nitrogens is 4. The van der Waals surface area contributed by atoms with Crippen molar-refractivity contribution in [2.24, 2.45) is 5.92 Å². The van der Waals surface area contributed by atoms with Gasteiger partial charge >= 0.3 is 0 Å². The van der Waals surface area contributed by atoms with Crippen molar-refractivity contribution in [1.82, 2.24) is 25.5 Å². The van der Waals surface area contributed by atoms with Crippen molar-refractivity contribution in [3.8, 4) is 17.1 Å². The first-order valence-electron chi connectivity index (χ1n) is 10.2. The molecule has 5 rings (SSSR count). The number of rotatable bonds is 3. The SMILES string of the molecule is C=C(c1cnc(-c2cc3ccncc3cc2O)nn1)C1C[C@]2(C)CC[C@@](C)(N2)[C@@H]1F. The lowest BCUT2D eigenvalue weighted by atomic mass is 9.75. The van der Waals surface area contributed by atoms with Crippen molar-refractivity contribution in [3.63, 3.8) is 0 Å². The number of pyridine rings is 1. The summed E-state index contributed by atoms with van der Waals surface area (Å²) < 4.78 is 15.3. The summed E-state index contributed by atoms with van der Waals surface area (Å²) in [6.45, 7) is 8.25. The maximum Gasteiger partial charge on any atom is 0.185 e. The molecule has 2 fully saturated rings. The lowest BCUT2D eigenvalue weighted by molar-refractivity contribution is 0.0770. The largest absolute Gasteiger partial charge is 0.507 e. The molecule has 2 saturated heterocycles. The molecule has 0 amide bonds. The number of phenolic OH excluding ortho intramolecular Hbond substituents is 1. The summed E-state index contributed by atoms with van der Waals surface area (Å²) >= 11 is 0. The van der Waals surface area contributed by atoms with Gasteiger partial charge in [-0.3, -0.25) is 4.98 Å². The first kappa shape index (κ1) is 19.1. The van der Waals surface area contributed by atoms with E-state index in [1.807, 2.05) is 19.1 Å². The zero-order valence-electron chi connectivity index (χ0n) is 17.1. The number of nitrogens with one attached hydrogen (secondary N) is 1. The maximum atomic E-state index is 15.3. The Hall–Kier alpha value is -2.93. The summed E-state index contributed by atoms with van der Waals surface area (Å²) in [5, 5.41) is 24.1. The van der Waals surface area contributed by atoms with Crippen molar-refractivity contribution < 1.29 is 9.50 Å². The topological polar surface area (TPSA) is 83.8 Å². The van der Waals surface area contributed by atoms with Gasteiger partial charge in [0.05, 0.1) is 11.8 Å². The van der Waals surface area contributed by atoms with Gasteiger partial charge in [0.2, 0.25) is 0 Å². The van der Waals surface area contributed by atoms with Crippen LogP contribution in [0, 0.1) is 5.92 Å². The number of hydrogen-bond acceptors (Lipinski definition) is 6. The number of fused-ring (bicyclic) bond motifs is 3. The van der Waals surface area contributed by atoms with E-state index in [1.54, 1.807) is 24.7 Å². The summed E-state index contributed by atoms with van der Waals surface area (Å²) in [5.41, 5.74) is 0.986. The van der Waals surface area contributed by atoms with Crippen molar-refractivity contribution in [1.29, 1.82) is 0 Å². The zero-order chi connectivity index (χ0) is 21.1. The van der Waals surface area contributed by atoms with Crippen LogP contribution in [-0.4, -0.2) is 42.5 Å². The monoisotopic (exact) mass is 405 g/mol. The summed E-state index contributed by atoms with van der Waals surface area (Å²) in [5.74, 6) is 0.0413. The molecule has 0 aliphatic carbocycles. The van der Waals surface area contributed by atoms with Gasteiger partial charge in [-0.25, -0.2) is 9.37 Å². The first-order valence-corrected chi connectivity index (χ1v) is 10.2. The Morgan fingerprint density at radius 2 is 2.03 bits per heavy atom. The van der Waals surface area contributed by atoms with Gasteiger partial charge in [0.1, 0.15) is 17.6 Å². The Bertz CT molecular complexity index is 1150. The Morgan fingerprint density at radius 1 is 1.20 bits per heavy atom. The molecule has 2 aromatic heterocycles. The van der Waals surface area contributed by atoms with E-state index in [1.165, 1.54) is 0 Å². The molecule has 7 heteroatoms. The summed E-state index contributed by atoms with van der Waals surface area (Å²) in [6.07, 6.45) is 6.34. The number of aromatic hydroxyl groups is 1. The summed E-state index contributed by atoms with van der Waals surface area (Å²) in [6, 6.07) is 5.30. The molecule has 4 heterocycles. The van der Waals surface area contributed by atoms with Crippen LogP contribution >= 0.6 is 0 Å². The van der Waals surface area contributed by atoms with E-state index in [0.29, 0.717) is 29.1 Å². The number of alkyl halides is 1. The predicted octanol–water partition coefficient (Wildman–Crippen LogP) is 4.06. The molecule has 6 nitrogen and oxygen atoms in total. The second-order valence-electron chi connectivity index (χ2n) is 9.10. The Morgan fingerprint density at radius 3 is 2.80 bits per heavy atom. The highest BCUT2D eigenvalue weighted by atomic mass is 19.1. The number of benzene rings is 1. The van der Waals surface area contributed by atoms with Crippen LogP contribution in [0.1, 0.15) is 38.8 Å². The first-order chi connectivity index (χ1) is 14.3. The molecule has 1 aromatic carbocycles. The van der Waals surface area contributed by atoms with Gasteiger partial charge in [-0.1, -0.05) is 6.58 Å². The third-order valence-electron chi connectivity index (χ3n) is 6.75. The standard InChI is InChI=1S/C23H24FN5O/c1-13(17-10-22(2)5-6-23(3,29-22)20(17)24)18-12-26-21(28-27-18)16-8-14-4-7-25-11-15(14)9-19(16)30/h4,7-9,11-12,17,20,29-30H,1,5-6,10H2,2-3H3/t17?,20-,22+,23-/m1/s1. The van der Waals surface area contributed by atoms with Gasteiger partial charge in [-0.2, -0.15) is 0 Å². The van der Waals surface area contributed by atoms with Gasteiger partial charge < -0.3 is 10.4 Å².